The third kappa shape index (κ3) is 2.13. The lowest BCUT2D eigenvalue weighted by atomic mass is 10.00. The summed E-state index contributed by atoms with van der Waals surface area (Å²) in [4.78, 5) is 36.8. The molecule has 4 nitrogen and oxygen atoms in total. The topological polar surface area (TPSA) is 54.5 Å². The van der Waals surface area contributed by atoms with Crippen molar-refractivity contribution >= 4 is 17.6 Å². The summed E-state index contributed by atoms with van der Waals surface area (Å²) < 4.78 is 0. The Morgan fingerprint density at radius 2 is 1.76 bits per heavy atom. The summed E-state index contributed by atoms with van der Waals surface area (Å²) in [6.45, 7) is 3.99. The lowest BCUT2D eigenvalue weighted by Gasteiger charge is -2.15. The van der Waals surface area contributed by atoms with Crippen molar-refractivity contribution in [1.29, 1.82) is 0 Å². The number of rotatable bonds is 4. The minimum atomic E-state index is -0.146. The van der Waals surface area contributed by atoms with Gasteiger partial charge in [0.25, 0.3) is 0 Å². The number of likely N-dealkylation sites (tertiary alicyclic amines) is 1. The van der Waals surface area contributed by atoms with Gasteiger partial charge >= 0.3 is 0 Å². The molecule has 0 N–H and O–H groups in total. The maximum absolute atomic E-state index is 12.0. The Kier molecular flexibility index (Phi) is 3.31. The molecule has 1 saturated carbocycles. The number of carbonyl (C=O) groups is 3. The number of ketones is 1. The van der Waals surface area contributed by atoms with Gasteiger partial charge in [0.05, 0.1) is 18.4 Å². The standard InChI is InChI=1S/C13H19NO3/c1-3-4-9(15)7-14-12(16)10-5-8(2)6-11(10)13(14)17/h8,10-11H,3-7H2,1-2H3. The Morgan fingerprint density at radius 1 is 1.24 bits per heavy atom. The van der Waals surface area contributed by atoms with E-state index in [0.717, 1.165) is 19.3 Å². The molecule has 0 spiro atoms. The monoisotopic (exact) mass is 237 g/mol. The van der Waals surface area contributed by atoms with E-state index in [-0.39, 0.29) is 36.0 Å². The van der Waals surface area contributed by atoms with Crippen molar-refractivity contribution in [1.82, 2.24) is 4.90 Å². The van der Waals surface area contributed by atoms with Crippen LogP contribution < -0.4 is 0 Å². The number of imide groups is 1. The summed E-state index contributed by atoms with van der Waals surface area (Å²) in [7, 11) is 0. The van der Waals surface area contributed by atoms with E-state index < -0.39 is 0 Å². The average molecular weight is 237 g/mol. The van der Waals surface area contributed by atoms with Gasteiger partial charge in [0, 0.05) is 6.42 Å². The predicted molar refractivity (Wildman–Crippen MR) is 62.0 cm³/mol. The third-order valence-electron chi connectivity index (χ3n) is 3.83. The van der Waals surface area contributed by atoms with Crippen LogP contribution in [0, 0.1) is 17.8 Å². The zero-order valence-corrected chi connectivity index (χ0v) is 10.4. The van der Waals surface area contributed by atoms with E-state index in [1.165, 1.54) is 4.90 Å². The van der Waals surface area contributed by atoms with Gasteiger partial charge in [0.1, 0.15) is 0 Å². The minimum Gasteiger partial charge on any atom is -0.298 e. The van der Waals surface area contributed by atoms with Gasteiger partial charge in [0.2, 0.25) is 11.8 Å². The third-order valence-corrected chi connectivity index (χ3v) is 3.83. The highest BCUT2D eigenvalue weighted by Gasteiger charge is 2.51. The first-order valence-electron chi connectivity index (χ1n) is 6.41. The molecule has 0 aromatic rings. The van der Waals surface area contributed by atoms with Gasteiger partial charge in [-0.3, -0.25) is 19.3 Å². The van der Waals surface area contributed by atoms with Crippen LogP contribution in [0.4, 0.5) is 0 Å². The molecule has 2 atom stereocenters. The van der Waals surface area contributed by atoms with Crippen molar-refractivity contribution in [3.8, 4) is 0 Å². The summed E-state index contributed by atoms with van der Waals surface area (Å²) in [6.07, 6.45) is 2.81. The van der Waals surface area contributed by atoms with Gasteiger partial charge in [-0.1, -0.05) is 13.8 Å². The molecule has 0 radical (unpaired) electrons. The highest BCUT2D eigenvalue weighted by molar-refractivity contribution is 6.07. The minimum absolute atomic E-state index is 0.00706. The van der Waals surface area contributed by atoms with Crippen LogP contribution in [0.1, 0.15) is 39.5 Å². The first kappa shape index (κ1) is 12.3. The molecule has 0 aromatic heterocycles. The van der Waals surface area contributed by atoms with Crippen LogP contribution >= 0.6 is 0 Å². The second-order valence-electron chi connectivity index (χ2n) is 5.34. The Morgan fingerprint density at radius 3 is 2.24 bits per heavy atom. The van der Waals surface area contributed by atoms with Crippen LogP contribution in [0.15, 0.2) is 0 Å². The molecule has 1 heterocycles. The largest absolute Gasteiger partial charge is 0.298 e. The van der Waals surface area contributed by atoms with E-state index in [1.807, 2.05) is 6.92 Å². The van der Waals surface area contributed by atoms with E-state index in [2.05, 4.69) is 6.92 Å². The number of Topliss-reactive ketones (excluding diaryl/α,β-unsaturated/α-hetero) is 1. The molecule has 2 aliphatic rings. The molecule has 1 aliphatic heterocycles. The zero-order chi connectivity index (χ0) is 12.6. The molecule has 94 valence electrons. The number of hydrogen-bond donors (Lipinski definition) is 0. The van der Waals surface area contributed by atoms with E-state index in [4.69, 9.17) is 0 Å². The van der Waals surface area contributed by atoms with Crippen LogP contribution in [0.5, 0.6) is 0 Å². The van der Waals surface area contributed by atoms with Gasteiger partial charge in [-0.2, -0.15) is 0 Å². The first-order chi connectivity index (χ1) is 8.04. The number of hydrogen-bond acceptors (Lipinski definition) is 3. The summed E-state index contributed by atoms with van der Waals surface area (Å²) in [5.74, 6) is -0.0879. The summed E-state index contributed by atoms with van der Waals surface area (Å²) in [5.41, 5.74) is 0. The van der Waals surface area contributed by atoms with E-state index >= 15 is 0 Å². The SMILES string of the molecule is CCCC(=O)CN1C(=O)C2CC(C)CC2C1=O. The summed E-state index contributed by atoms with van der Waals surface area (Å²) >= 11 is 0. The molecule has 2 amide bonds. The highest BCUT2D eigenvalue weighted by Crippen LogP contribution is 2.42. The van der Waals surface area contributed by atoms with Crippen molar-refractivity contribution in [2.45, 2.75) is 39.5 Å². The fourth-order valence-electron chi connectivity index (χ4n) is 3.04. The summed E-state index contributed by atoms with van der Waals surface area (Å²) in [6, 6.07) is 0. The van der Waals surface area contributed by atoms with Crippen molar-refractivity contribution in [3.05, 3.63) is 0 Å². The second kappa shape index (κ2) is 4.59. The van der Waals surface area contributed by atoms with Crippen LogP contribution in [0.2, 0.25) is 0 Å². The molecule has 1 saturated heterocycles. The van der Waals surface area contributed by atoms with Crippen molar-refractivity contribution < 1.29 is 14.4 Å². The van der Waals surface area contributed by atoms with Gasteiger partial charge in [-0.15, -0.1) is 0 Å². The quantitative estimate of drug-likeness (QED) is 0.694. The fourth-order valence-corrected chi connectivity index (χ4v) is 3.04. The van der Waals surface area contributed by atoms with E-state index in [0.29, 0.717) is 12.3 Å². The molecule has 2 fully saturated rings. The Balaban J connectivity index is 2.04. The average Bonchev–Trinajstić information content (AvgIpc) is 2.74. The van der Waals surface area contributed by atoms with Crippen LogP contribution in [0.3, 0.4) is 0 Å². The van der Waals surface area contributed by atoms with Crippen molar-refractivity contribution in [2.24, 2.45) is 17.8 Å². The smallest absolute Gasteiger partial charge is 0.233 e. The fraction of sp³-hybridized carbons (Fsp3) is 0.769. The van der Waals surface area contributed by atoms with Crippen LogP contribution in [0.25, 0.3) is 0 Å². The number of fused-ring (bicyclic) bond motifs is 1. The van der Waals surface area contributed by atoms with Crippen LogP contribution in [-0.4, -0.2) is 29.0 Å². The predicted octanol–water partition coefficient (Wildman–Crippen LogP) is 1.39. The van der Waals surface area contributed by atoms with Gasteiger partial charge in [-0.25, -0.2) is 0 Å². The molecule has 4 heteroatoms. The lowest BCUT2D eigenvalue weighted by Crippen LogP contribution is -2.36. The molecule has 0 bridgehead atoms. The Bertz CT molecular complexity index is 340. The Hall–Kier alpha value is -1.19. The highest BCUT2D eigenvalue weighted by atomic mass is 16.2. The molecule has 0 aromatic carbocycles. The first-order valence-corrected chi connectivity index (χ1v) is 6.41. The normalized spacial score (nSPS) is 32.1. The van der Waals surface area contributed by atoms with E-state index in [1.54, 1.807) is 0 Å². The summed E-state index contributed by atoms with van der Waals surface area (Å²) in [5, 5.41) is 0. The van der Waals surface area contributed by atoms with E-state index in [9.17, 15) is 14.4 Å². The van der Waals surface area contributed by atoms with Crippen molar-refractivity contribution in [2.75, 3.05) is 6.54 Å². The molecule has 2 rings (SSSR count). The van der Waals surface area contributed by atoms with Gasteiger partial charge in [0.15, 0.2) is 5.78 Å². The van der Waals surface area contributed by atoms with Crippen LogP contribution in [-0.2, 0) is 14.4 Å². The number of carbonyl (C=O) groups excluding carboxylic acids is 3. The van der Waals surface area contributed by atoms with Crippen molar-refractivity contribution in [3.63, 3.8) is 0 Å². The lowest BCUT2D eigenvalue weighted by molar-refractivity contribution is -0.143. The molecule has 17 heavy (non-hydrogen) atoms. The maximum Gasteiger partial charge on any atom is 0.233 e. The van der Waals surface area contributed by atoms with Gasteiger partial charge in [-0.05, 0) is 25.2 Å². The number of amides is 2. The molecular formula is C13H19NO3. The Labute approximate surface area is 101 Å². The molecule has 1 aliphatic carbocycles. The zero-order valence-electron chi connectivity index (χ0n) is 10.4. The number of nitrogens with zero attached hydrogens (tertiary/aromatic N) is 1. The maximum atomic E-state index is 12.0. The second-order valence-corrected chi connectivity index (χ2v) is 5.34. The van der Waals surface area contributed by atoms with Gasteiger partial charge < -0.3 is 0 Å². The molecular weight excluding hydrogens is 218 g/mol. The molecule has 2 unspecified atom stereocenters.